The van der Waals surface area contributed by atoms with Gasteiger partial charge in [0.1, 0.15) is 17.9 Å². The fraction of sp³-hybridized carbons (Fsp3) is 0.273. The molecule has 0 bridgehead atoms. The molecule has 0 unspecified atom stereocenters. The smallest absolute Gasteiger partial charge is 0.287 e. The van der Waals surface area contributed by atoms with Crippen LogP contribution in [-0.2, 0) is 11.4 Å². The van der Waals surface area contributed by atoms with Crippen molar-refractivity contribution < 1.29 is 18.7 Å². The number of amides is 2. The zero-order valence-electron chi connectivity index (χ0n) is 16.1. The molecular formula is C22H24N2O4. The average molecular weight is 380 g/mol. The van der Waals surface area contributed by atoms with E-state index in [0.29, 0.717) is 30.0 Å². The molecule has 0 fully saturated rings. The molecule has 0 saturated heterocycles. The third kappa shape index (κ3) is 4.34. The average Bonchev–Trinajstić information content (AvgIpc) is 3.11. The fourth-order valence-electron chi connectivity index (χ4n) is 3.02. The second-order valence-corrected chi connectivity index (χ2v) is 6.26. The van der Waals surface area contributed by atoms with Crippen LogP contribution < -0.4 is 10.1 Å². The van der Waals surface area contributed by atoms with Crippen LogP contribution in [0.1, 0.15) is 30.0 Å². The molecule has 28 heavy (non-hydrogen) atoms. The van der Waals surface area contributed by atoms with Crippen LogP contribution in [0.25, 0.3) is 11.0 Å². The minimum absolute atomic E-state index is 0.0729. The van der Waals surface area contributed by atoms with Crippen LogP contribution in [0.3, 0.4) is 0 Å². The minimum atomic E-state index is -0.427. The molecule has 3 rings (SSSR count). The highest BCUT2D eigenvalue weighted by Crippen LogP contribution is 2.27. The van der Waals surface area contributed by atoms with Crippen LogP contribution in [0.2, 0.25) is 0 Å². The van der Waals surface area contributed by atoms with Crippen molar-refractivity contribution in [3.8, 4) is 5.75 Å². The second-order valence-electron chi connectivity index (χ2n) is 6.26. The highest BCUT2D eigenvalue weighted by molar-refractivity contribution is 6.00. The van der Waals surface area contributed by atoms with Crippen molar-refractivity contribution in [3.63, 3.8) is 0 Å². The van der Waals surface area contributed by atoms with Crippen LogP contribution in [0.5, 0.6) is 5.75 Å². The molecule has 146 valence electrons. The maximum absolute atomic E-state index is 12.7. The second kappa shape index (κ2) is 9.08. The zero-order valence-corrected chi connectivity index (χ0v) is 16.1. The first-order valence-electron chi connectivity index (χ1n) is 9.38. The number of rotatable bonds is 8. The molecule has 1 N–H and O–H groups in total. The SMILES string of the molecule is CCN(CC)C(=O)CNC(=O)c1oc2ccccc2c1COc1ccccc1. The van der Waals surface area contributed by atoms with E-state index in [1.807, 2.05) is 62.4 Å². The summed E-state index contributed by atoms with van der Waals surface area (Å²) in [6.07, 6.45) is 0. The van der Waals surface area contributed by atoms with Gasteiger partial charge in [0.05, 0.1) is 6.54 Å². The van der Waals surface area contributed by atoms with E-state index in [9.17, 15) is 9.59 Å². The Kier molecular flexibility index (Phi) is 6.32. The Labute approximate surface area is 164 Å². The van der Waals surface area contributed by atoms with Crippen molar-refractivity contribution in [2.45, 2.75) is 20.5 Å². The van der Waals surface area contributed by atoms with Crippen LogP contribution in [0.4, 0.5) is 0 Å². The number of hydrogen-bond acceptors (Lipinski definition) is 4. The van der Waals surface area contributed by atoms with Gasteiger partial charge in [-0.05, 0) is 32.0 Å². The number of benzene rings is 2. The van der Waals surface area contributed by atoms with Crippen LogP contribution in [0, 0.1) is 0 Å². The summed E-state index contributed by atoms with van der Waals surface area (Å²) in [5.74, 6) is 0.320. The van der Waals surface area contributed by atoms with E-state index in [1.165, 1.54) is 0 Å². The highest BCUT2D eigenvalue weighted by atomic mass is 16.5. The van der Waals surface area contributed by atoms with Gasteiger partial charge in [-0.15, -0.1) is 0 Å². The maximum atomic E-state index is 12.7. The molecule has 3 aromatic rings. The number of para-hydroxylation sites is 2. The highest BCUT2D eigenvalue weighted by Gasteiger charge is 2.22. The molecule has 6 nitrogen and oxygen atoms in total. The Hall–Kier alpha value is -3.28. The molecule has 6 heteroatoms. The number of fused-ring (bicyclic) bond motifs is 1. The summed E-state index contributed by atoms with van der Waals surface area (Å²) >= 11 is 0. The molecule has 1 aromatic heterocycles. The number of ether oxygens (including phenoxy) is 1. The normalized spacial score (nSPS) is 10.6. The summed E-state index contributed by atoms with van der Waals surface area (Å²) in [6, 6.07) is 16.8. The molecule has 0 radical (unpaired) electrons. The van der Waals surface area contributed by atoms with Crippen LogP contribution in [-0.4, -0.2) is 36.3 Å². The molecule has 0 saturated carbocycles. The van der Waals surface area contributed by atoms with Crippen molar-refractivity contribution >= 4 is 22.8 Å². The Morgan fingerprint density at radius 2 is 1.68 bits per heavy atom. The lowest BCUT2D eigenvalue weighted by molar-refractivity contribution is -0.129. The number of carbonyl (C=O) groups excluding carboxylic acids is 2. The van der Waals surface area contributed by atoms with Crippen molar-refractivity contribution in [1.29, 1.82) is 0 Å². The molecule has 2 amide bonds. The Balaban J connectivity index is 1.79. The van der Waals surface area contributed by atoms with Gasteiger partial charge in [0, 0.05) is 24.0 Å². The number of carbonyl (C=O) groups is 2. The molecule has 0 aliphatic carbocycles. The monoisotopic (exact) mass is 380 g/mol. The molecule has 0 aliphatic heterocycles. The van der Waals surface area contributed by atoms with E-state index in [4.69, 9.17) is 9.15 Å². The van der Waals surface area contributed by atoms with E-state index in [2.05, 4.69) is 5.32 Å². The van der Waals surface area contributed by atoms with E-state index in [0.717, 1.165) is 5.39 Å². The van der Waals surface area contributed by atoms with Crippen molar-refractivity contribution in [2.75, 3.05) is 19.6 Å². The van der Waals surface area contributed by atoms with Gasteiger partial charge in [-0.3, -0.25) is 9.59 Å². The number of nitrogens with one attached hydrogen (secondary N) is 1. The lowest BCUT2D eigenvalue weighted by Crippen LogP contribution is -2.40. The number of likely N-dealkylation sites (N-methyl/N-ethyl adjacent to an activating group) is 1. The molecule has 0 spiro atoms. The first-order chi connectivity index (χ1) is 13.6. The van der Waals surface area contributed by atoms with Crippen LogP contribution >= 0.6 is 0 Å². The lowest BCUT2D eigenvalue weighted by atomic mass is 10.1. The summed E-state index contributed by atoms with van der Waals surface area (Å²) in [4.78, 5) is 26.5. The van der Waals surface area contributed by atoms with Gasteiger partial charge < -0.3 is 19.4 Å². The van der Waals surface area contributed by atoms with Gasteiger partial charge in [0.2, 0.25) is 5.91 Å². The van der Waals surface area contributed by atoms with Gasteiger partial charge in [-0.2, -0.15) is 0 Å². The lowest BCUT2D eigenvalue weighted by Gasteiger charge is -2.18. The summed E-state index contributed by atoms with van der Waals surface area (Å²) in [7, 11) is 0. The molecule has 2 aromatic carbocycles. The summed E-state index contributed by atoms with van der Waals surface area (Å²) in [5.41, 5.74) is 1.27. The van der Waals surface area contributed by atoms with E-state index in [1.54, 1.807) is 11.0 Å². The van der Waals surface area contributed by atoms with E-state index in [-0.39, 0.29) is 24.8 Å². The summed E-state index contributed by atoms with van der Waals surface area (Å²) in [5, 5.41) is 3.49. The standard InChI is InChI=1S/C22H24N2O4/c1-3-24(4-2)20(25)14-23-22(26)21-18(15-27-16-10-6-5-7-11-16)17-12-8-9-13-19(17)28-21/h5-13H,3-4,14-15H2,1-2H3,(H,23,26). The zero-order chi connectivity index (χ0) is 19.9. The Morgan fingerprint density at radius 1 is 1.00 bits per heavy atom. The molecular weight excluding hydrogens is 356 g/mol. The molecule has 0 aliphatic rings. The fourth-order valence-corrected chi connectivity index (χ4v) is 3.02. The topological polar surface area (TPSA) is 71.8 Å². The molecule has 1 heterocycles. The summed E-state index contributed by atoms with van der Waals surface area (Å²) < 4.78 is 11.6. The predicted molar refractivity (Wildman–Crippen MR) is 107 cm³/mol. The Morgan fingerprint density at radius 3 is 2.39 bits per heavy atom. The molecule has 0 atom stereocenters. The number of nitrogens with zero attached hydrogens (tertiary/aromatic N) is 1. The number of hydrogen-bond donors (Lipinski definition) is 1. The van der Waals surface area contributed by atoms with E-state index < -0.39 is 5.91 Å². The van der Waals surface area contributed by atoms with Crippen molar-refractivity contribution in [1.82, 2.24) is 10.2 Å². The maximum Gasteiger partial charge on any atom is 0.287 e. The minimum Gasteiger partial charge on any atom is -0.489 e. The third-order valence-corrected chi connectivity index (χ3v) is 4.55. The quantitative estimate of drug-likeness (QED) is 0.648. The van der Waals surface area contributed by atoms with Gasteiger partial charge in [0.15, 0.2) is 5.76 Å². The first kappa shape index (κ1) is 19.5. The predicted octanol–water partition coefficient (Wildman–Crippen LogP) is 3.61. The van der Waals surface area contributed by atoms with Crippen molar-refractivity contribution in [2.24, 2.45) is 0 Å². The van der Waals surface area contributed by atoms with Gasteiger partial charge in [-0.25, -0.2) is 0 Å². The van der Waals surface area contributed by atoms with Gasteiger partial charge in [-0.1, -0.05) is 36.4 Å². The van der Waals surface area contributed by atoms with Crippen molar-refractivity contribution in [3.05, 3.63) is 65.9 Å². The number of furan rings is 1. The third-order valence-electron chi connectivity index (χ3n) is 4.55. The van der Waals surface area contributed by atoms with Gasteiger partial charge in [0.25, 0.3) is 5.91 Å². The summed E-state index contributed by atoms with van der Waals surface area (Å²) in [6.45, 7) is 5.13. The van der Waals surface area contributed by atoms with Gasteiger partial charge >= 0.3 is 0 Å². The van der Waals surface area contributed by atoms with Crippen LogP contribution in [0.15, 0.2) is 59.0 Å². The largest absolute Gasteiger partial charge is 0.489 e. The first-order valence-corrected chi connectivity index (χ1v) is 9.38. The Bertz CT molecular complexity index is 946. The van der Waals surface area contributed by atoms with E-state index >= 15 is 0 Å².